The topological polar surface area (TPSA) is 78.3 Å². The van der Waals surface area contributed by atoms with E-state index >= 15 is 0 Å². The average Bonchev–Trinajstić information content (AvgIpc) is 3.20. The van der Waals surface area contributed by atoms with Crippen LogP contribution < -0.4 is 14.8 Å². The van der Waals surface area contributed by atoms with Crippen molar-refractivity contribution in [2.75, 3.05) is 19.5 Å². The molecule has 170 valence electrons. The molecule has 0 fully saturated rings. The lowest BCUT2D eigenvalue weighted by molar-refractivity contribution is -0.115. The number of hydrogen-bond acceptors (Lipinski definition) is 7. The molecule has 2 aromatic carbocycles. The normalized spacial score (nSPS) is 11.8. The molecule has 1 aromatic heterocycles. The van der Waals surface area contributed by atoms with Crippen LogP contribution >= 0.6 is 23.5 Å². The van der Waals surface area contributed by atoms with Gasteiger partial charge in [0.2, 0.25) is 5.91 Å². The van der Waals surface area contributed by atoms with Gasteiger partial charge in [0.05, 0.1) is 30.9 Å². The van der Waals surface area contributed by atoms with E-state index in [1.807, 2.05) is 6.92 Å². The van der Waals surface area contributed by atoms with Gasteiger partial charge >= 0.3 is 0 Å². The van der Waals surface area contributed by atoms with Crippen molar-refractivity contribution in [2.24, 2.45) is 0 Å². The number of aryl methyl sites for hydroxylation is 1. The first-order valence-electron chi connectivity index (χ1n) is 10.3. The summed E-state index contributed by atoms with van der Waals surface area (Å²) in [6.07, 6.45) is 0. The standard InChI is InChI=1S/C23H28N4O3S2/c1-6-27-21(14-31-18-10-7-15(2)8-11-18)25-26-23(27)32-16(3)22(28)24-19-12-9-17(29-4)13-20(19)30-5/h7-13,16H,6,14H2,1-5H3,(H,24,28). The van der Waals surface area contributed by atoms with Crippen LogP contribution in [0.5, 0.6) is 11.5 Å². The van der Waals surface area contributed by atoms with Gasteiger partial charge in [-0.2, -0.15) is 0 Å². The number of nitrogens with one attached hydrogen (secondary N) is 1. The zero-order chi connectivity index (χ0) is 23.1. The summed E-state index contributed by atoms with van der Waals surface area (Å²) >= 11 is 3.11. The number of carbonyl (C=O) groups excluding carboxylic acids is 1. The molecule has 0 saturated heterocycles. The highest BCUT2D eigenvalue weighted by molar-refractivity contribution is 8.00. The van der Waals surface area contributed by atoms with E-state index in [0.717, 1.165) is 17.5 Å². The van der Waals surface area contributed by atoms with Crippen LogP contribution in [-0.4, -0.2) is 40.1 Å². The zero-order valence-corrected chi connectivity index (χ0v) is 20.5. The third-order valence-corrected chi connectivity index (χ3v) is 6.91. The molecule has 0 radical (unpaired) electrons. The summed E-state index contributed by atoms with van der Waals surface area (Å²) < 4.78 is 12.6. The molecule has 3 aromatic rings. The number of nitrogens with zero attached hydrogens (tertiary/aromatic N) is 3. The lowest BCUT2D eigenvalue weighted by Gasteiger charge is -2.15. The van der Waals surface area contributed by atoms with Crippen molar-refractivity contribution in [3.8, 4) is 11.5 Å². The molecule has 1 heterocycles. The predicted octanol–water partition coefficient (Wildman–Crippen LogP) is 5.04. The highest BCUT2D eigenvalue weighted by atomic mass is 32.2. The molecule has 0 aliphatic carbocycles. The van der Waals surface area contributed by atoms with E-state index < -0.39 is 0 Å². The summed E-state index contributed by atoms with van der Waals surface area (Å²) in [6.45, 7) is 6.72. The fourth-order valence-corrected chi connectivity index (χ4v) is 4.73. The average molecular weight is 473 g/mol. The van der Waals surface area contributed by atoms with Crippen LogP contribution in [0.1, 0.15) is 25.2 Å². The lowest BCUT2D eigenvalue weighted by atomic mass is 10.2. The van der Waals surface area contributed by atoms with Gasteiger partial charge in [-0.15, -0.1) is 22.0 Å². The molecule has 7 nitrogen and oxygen atoms in total. The first-order valence-corrected chi connectivity index (χ1v) is 12.1. The van der Waals surface area contributed by atoms with E-state index in [4.69, 9.17) is 9.47 Å². The summed E-state index contributed by atoms with van der Waals surface area (Å²) in [6, 6.07) is 13.7. The van der Waals surface area contributed by atoms with Gasteiger partial charge in [-0.25, -0.2) is 0 Å². The predicted molar refractivity (Wildman–Crippen MR) is 130 cm³/mol. The molecule has 1 unspecified atom stereocenters. The third-order valence-electron chi connectivity index (χ3n) is 4.82. The maximum Gasteiger partial charge on any atom is 0.237 e. The number of carbonyl (C=O) groups is 1. The largest absolute Gasteiger partial charge is 0.497 e. The Kier molecular flexibility index (Phi) is 8.46. The van der Waals surface area contributed by atoms with Gasteiger partial charge in [-0.3, -0.25) is 4.79 Å². The van der Waals surface area contributed by atoms with Gasteiger partial charge in [-0.1, -0.05) is 29.5 Å². The Morgan fingerprint density at radius 3 is 2.53 bits per heavy atom. The van der Waals surface area contributed by atoms with E-state index in [1.165, 1.54) is 22.2 Å². The monoisotopic (exact) mass is 472 g/mol. The Bertz CT molecular complexity index is 1050. The van der Waals surface area contributed by atoms with Crippen LogP contribution in [0.15, 0.2) is 52.5 Å². The van der Waals surface area contributed by atoms with Crippen molar-refractivity contribution in [1.29, 1.82) is 0 Å². The smallest absolute Gasteiger partial charge is 0.237 e. The van der Waals surface area contributed by atoms with Gasteiger partial charge in [-0.05, 0) is 45.0 Å². The minimum Gasteiger partial charge on any atom is -0.497 e. The lowest BCUT2D eigenvalue weighted by Crippen LogP contribution is -2.23. The summed E-state index contributed by atoms with van der Waals surface area (Å²) in [5.41, 5.74) is 1.84. The minimum absolute atomic E-state index is 0.139. The number of thioether (sulfide) groups is 2. The van der Waals surface area contributed by atoms with Crippen LogP contribution in [0.2, 0.25) is 0 Å². The molecule has 3 rings (SSSR count). The summed E-state index contributed by atoms with van der Waals surface area (Å²) in [5.74, 6) is 2.68. The molecule has 1 atom stereocenters. The van der Waals surface area contributed by atoms with Crippen molar-refractivity contribution in [3.05, 3.63) is 53.9 Å². The Hall–Kier alpha value is -2.65. The van der Waals surface area contributed by atoms with E-state index in [-0.39, 0.29) is 11.2 Å². The van der Waals surface area contributed by atoms with E-state index in [0.29, 0.717) is 22.9 Å². The first kappa shape index (κ1) is 24.0. The molecule has 0 aliphatic heterocycles. The first-order chi connectivity index (χ1) is 15.4. The van der Waals surface area contributed by atoms with Crippen molar-refractivity contribution in [1.82, 2.24) is 14.8 Å². The maximum absolute atomic E-state index is 12.8. The molecule has 0 spiro atoms. The highest BCUT2D eigenvalue weighted by Crippen LogP contribution is 2.31. The summed E-state index contributed by atoms with van der Waals surface area (Å²) in [5, 5.41) is 12.0. The Morgan fingerprint density at radius 1 is 1.12 bits per heavy atom. The number of amides is 1. The maximum atomic E-state index is 12.8. The number of methoxy groups -OCH3 is 2. The van der Waals surface area contributed by atoms with Crippen LogP contribution in [0.3, 0.4) is 0 Å². The van der Waals surface area contributed by atoms with Gasteiger partial charge in [0, 0.05) is 17.5 Å². The molecule has 0 aliphatic rings. The van der Waals surface area contributed by atoms with Crippen molar-refractivity contribution in [3.63, 3.8) is 0 Å². The van der Waals surface area contributed by atoms with E-state index in [1.54, 1.807) is 44.2 Å². The fourth-order valence-electron chi connectivity index (χ4n) is 2.96. The Morgan fingerprint density at radius 2 is 1.88 bits per heavy atom. The number of aromatic nitrogens is 3. The third kappa shape index (κ3) is 5.98. The van der Waals surface area contributed by atoms with Crippen LogP contribution in [0.4, 0.5) is 5.69 Å². The second kappa shape index (κ2) is 11.3. The number of hydrogen-bond donors (Lipinski definition) is 1. The SMILES string of the molecule is CCn1c(CSc2ccc(C)cc2)nnc1SC(C)C(=O)Nc1ccc(OC)cc1OC. The van der Waals surface area contributed by atoms with Crippen molar-refractivity contribution < 1.29 is 14.3 Å². The van der Waals surface area contributed by atoms with Crippen LogP contribution in [0.25, 0.3) is 0 Å². The second-order valence-electron chi connectivity index (χ2n) is 7.06. The highest BCUT2D eigenvalue weighted by Gasteiger charge is 2.21. The van der Waals surface area contributed by atoms with Gasteiger partial charge in [0.25, 0.3) is 0 Å². The number of anilines is 1. The number of benzene rings is 2. The van der Waals surface area contributed by atoms with Gasteiger partial charge in [0.15, 0.2) is 5.16 Å². The second-order valence-corrected chi connectivity index (χ2v) is 9.42. The Labute approximate surface area is 197 Å². The summed E-state index contributed by atoms with van der Waals surface area (Å²) in [4.78, 5) is 14.0. The molecule has 1 N–H and O–H groups in total. The molecule has 0 bridgehead atoms. The Balaban J connectivity index is 1.64. The van der Waals surface area contributed by atoms with Crippen molar-refractivity contribution in [2.45, 2.75) is 48.4 Å². The minimum atomic E-state index is -0.367. The molecule has 0 saturated carbocycles. The molecular formula is C23H28N4O3S2. The number of rotatable bonds is 10. The zero-order valence-electron chi connectivity index (χ0n) is 18.9. The fraction of sp³-hybridized carbons (Fsp3) is 0.348. The molecule has 32 heavy (non-hydrogen) atoms. The van der Waals surface area contributed by atoms with Crippen LogP contribution in [-0.2, 0) is 17.1 Å². The quantitative estimate of drug-likeness (QED) is 0.414. The summed E-state index contributed by atoms with van der Waals surface area (Å²) in [7, 11) is 3.14. The van der Waals surface area contributed by atoms with Gasteiger partial charge < -0.3 is 19.4 Å². The van der Waals surface area contributed by atoms with E-state index in [2.05, 4.69) is 58.2 Å². The molecular weight excluding hydrogens is 444 g/mol. The van der Waals surface area contributed by atoms with E-state index in [9.17, 15) is 4.79 Å². The van der Waals surface area contributed by atoms with Crippen molar-refractivity contribution >= 4 is 35.1 Å². The molecule has 1 amide bonds. The number of ether oxygens (including phenoxy) is 2. The van der Waals surface area contributed by atoms with Gasteiger partial charge in [0.1, 0.15) is 17.3 Å². The van der Waals surface area contributed by atoms with Crippen LogP contribution in [0, 0.1) is 6.92 Å². The molecule has 9 heteroatoms.